The molecule has 1 aromatic heterocycles. The normalized spacial score (nSPS) is 14.1. The summed E-state index contributed by atoms with van der Waals surface area (Å²) in [6.45, 7) is 7.78. The third-order valence-corrected chi connectivity index (χ3v) is 6.57. The van der Waals surface area contributed by atoms with Crippen LogP contribution in [0.15, 0.2) is 36.4 Å². The summed E-state index contributed by atoms with van der Waals surface area (Å²) in [5.41, 5.74) is 6.73. The molecule has 2 heterocycles. The number of urea groups is 2. The van der Waals surface area contributed by atoms with Gasteiger partial charge in [-0.25, -0.2) is 14.0 Å². The van der Waals surface area contributed by atoms with Gasteiger partial charge in [0.1, 0.15) is 16.4 Å². The lowest BCUT2D eigenvalue weighted by atomic mass is 10.1. The first-order chi connectivity index (χ1) is 19.2. The lowest BCUT2D eigenvalue weighted by Crippen LogP contribution is -2.38. The second kappa shape index (κ2) is 14.9. The van der Waals surface area contributed by atoms with Gasteiger partial charge in [0, 0.05) is 25.7 Å². The van der Waals surface area contributed by atoms with E-state index in [1.807, 2.05) is 0 Å². The highest BCUT2D eigenvalue weighted by atomic mass is 32.1. The minimum Gasteiger partial charge on any atom is -0.379 e. The number of amides is 6. The van der Waals surface area contributed by atoms with Crippen molar-refractivity contribution in [3.63, 3.8) is 0 Å². The topological polar surface area (TPSA) is 168 Å². The van der Waals surface area contributed by atoms with Gasteiger partial charge >= 0.3 is 12.1 Å². The smallest absolute Gasteiger partial charge is 0.326 e. The fourth-order valence-electron chi connectivity index (χ4n) is 3.80. The highest BCUT2D eigenvalue weighted by molar-refractivity contribution is 7.11. The number of aromatic nitrogens is 1. The van der Waals surface area contributed by atoms with Crippen molar-refractivity contribution in [3.05, 3.63) is 59.1 Å². The molecule has 0 unspecified atom stereocenters. The Kier molecular flexibility index (Phi) is 11.3. The lowest BCUT2D eigenvalue weighted by molar-refractivity contribution is -0.115. The van der Waals surface area contributed by atoms with Crippen LogP contribution in [-0.2, 0) is 9.53 Å². The van der Waals surface area contributed by atoms with Crippen molar-refractivity contribution in [2.45, 2.75) is 20.3 Å². The third-order valence-electron chi connectivity index (χ3n) is 5.81. The number of benzene rings is 1. The van der Waals surface area contributed by atoms with E-state index in [1.54, 1.807) is 26.0 Å². The van der Waals surface area contributed by atoms with Crippen LogP contribution >= 0.6 is 11.5 Å². The summed E-state index contributed by atoms with van der Waals surface area (Å²) >= 11 is 0.867. The molecule has 1 saturated heterocycles. The summed E-state index contributed by atoms with van der Waals surface area (Å²) in [5, 5.41) is 9.86. The molecule has 1 aromatic carbocycles. The fraction of sp³-hybridized carbons (Fsp3) is 0.346. The summed E-state index contributed by atoms with van der Waals surface area (Å²) in [6, 6.07) is 2.75. The molecular weight excluding hydrogens is 541 g/mol. The summed E-state index contributed by atoms with van der Waals surface area (Å²) in [7, 11) is 0. The standard InChI is InChI=1S/C26H32FN7O5S/c1-3-17(6-8-20(35)31-26(38)30-19-15-16(2)5-7-18(19)27)22-21(23(28)36)24(40-33-22)32-25(37)29-9-4-10-34-11-13-39-14-12-34/h3,5-8,15H,4,9-14H2,1-2H3,(H2,28,36)(H2,29,32,37)(H2,30,31,35,38)/b8-6-,17-3+. The van der Waals surface area contributed by atoms with Gasteiger partial charge in [0.05, 0.1) is 24.6 Å². The predicted octanol–water partition coefficient (Wildman–Crippen LogP) is 2.84. The van der Waals surface area contributed by atoms with Crippen molar-refractivity contribution in [2.24, 2.45) is 5.73 Å². The van der Waals surface area contributed by atoms with Crippen LogP contribution in [0.5, 0.6) is 0 Å². The number of ether oxygens (including phenoxy) is 1. The van der Waals surface area contributed by atoms with Crippen LogP contribution in [0.3, 0.4) is 0 Å². The van der Waals surface area contributed by atoms with E-state index in [4.69, 9.17) is 10.5 Å². The molecule has 0 spiro atoms. The number of imide groups is 1. The van der Waals surface area contributed by atoms with E-state index >= 15 is 0 Å². The van der Waals surface area contributed by atoms with E-state index in [2.05, 4.69) is 30.5 Å². The number of carbonyl (C=O) groups excluding carboxylic acids is 4. The molecule has 0 saturated carbocycles. The van der Waals surface area contributed by atoms with Crippen molar-refractivity contribution < 1.29 is 28.3 Å². The van der Waals surface area contributed by atoms with Gasteiger partial charge in [0.2, 0.25) is 0 Å². The number of anilines is 2. The maximum atomic E-state index is 13.9. The summed E-state index contributed by atoms with van der Waals surface area (Å²) < 4.78 is 23.4. The van der Waals surface area contributed by atoms with Crippen LogP contribution in [-0.4, -0.2) is 72.5 Å². The molecule has 6 amide bonds. The van der Waals surface area contributed by atoms with Crippen LogP contribution in [0.1, 0.15) is 35.0 Å². The molecule has 0 aliphatic carbocycles. The number of allylic oxidation sites excluding steroid dienone is 3. The van der Waals surface area contributed by atoms with Crippen LogP contribution in [0, 0.1) is 12.7 Å². The fourth-order valence-corrected chi connectivity index (χ4v) is 4.60. The molecule has 3 rings (SSSR count). The van der Waals surface area contributed by atoms with E-state index < -0.39 is 29.7 Å². The van der Waals surface area contributed by atoms with Crippen LogP contribution in [0.25, 0.3) is 5.57 Å². The number of rotatable bonds is 10. The Morgan fingerprint density at radius 3 is 2.60 bits per heavy atom. The van der Waals surface area contributed by atoms with Crippen LogP contribution < -0.4 is 27.0 Å². The zero-order valence-electron chi connectivity index (χ0n) is 22.2. The number of nitrogens with one attached hydrogen (secondary N) is 4. The molecule has 1 fully saturated rings. The number of nitrogens with two attached hydrogens (primary N) is 1. The summed E-state index contributed by atoms with van der Waals surface area (Å²) in [5.74, 6) is -2.26. The molecule has 214 valence electrons. The Labute approximate surface area is 235 Å². The number of carbonyl (C=O) groups is 4. The van der Waals surface area contributed by atoms with Gasteiger partial charge in [0.15, 0.2) is 0 Å². The lowest BCUT2D eigenvalue weighted by Gasteiger charge is -2.26. The average Bonchev–Trinajstić information content (AvgIpc) is 3.33. The number of aryl methyl sites for hydroxylation is 1. The SMILES string of the molecule is C/C=C(\C=C/C(=O)NC(=O)Nc1cc(C)ccc1F)c1nsc(NC(=O)NCCCN2CCOCC2)c1C(N)=O. The molecule has 12 nitrogen and oxygen atoms in total. The van der Waals surface area contributed by atoms with Gasteiger partial charge in [-0.3, -0.25) is 25.1 Å². The number of hydrogen-bond acceptors (Lipinski definition) is 8. The quantitative estimate of drug-likeness (QED) is 0.165. The van der Waals surface area contributed by atoms with Crippen LogP contribution in [0.4, 0.5) is 24.7 Å². The third kappa shape index (κ3) is 8.97. The van der Waals surface area contributed by atoms with Crippen molar-refractivity contribution >= 4 is 51.7 Å². The zero-order chi connectivity index (χ0) is 29.1. The molecular formula is C26H32FN7O5S. The van der Waals surface area contributed by atoms with Gasteiger partial charge in [-0.15, -0.1) is 0 Å². The summed E-state index contributed by atoms with van der Waals surface area (Å²) in [4.78, 5) is 51.3. The first kappa shape index (κ1) is 30.4. The minimum atomic E-state index is -0.921. The van der Waals surface area contributed by atoms with Crippen molar-refractivity contribution in [1.29, 1.82) is 0 Å². The number of halogens is 1. The Hall–Kier alpha value is -4.14. The molecule has 0 radical (unpaired) electrons. The number of hydrogen-bond donors (Lipinski definition) is 5. The molecule has 6 N–H and O–H groups in total. The van der Waals surface area contributed by atoms with Gasteiger partial charge in [0.25, 0.3) is 11.8 Å². The number of primary amides is 1. The second-order valence-corrected chi connectivity index (χ2v) is 9.57. The number of morpholine rings is 1. The van der Waals surface area contributed by atoms with Crippen molar-refractivity contribution in [2.75, 3.05) is 50.0 Å². The van der Waals surface area contributed by atoms with E-state index in [9.17, 15) is 23.6 Å². The maximum absolute atomic E-state index is 13.9. The van der Waals surface area contributed by atoms with Gasteiger partial charge in [-0.05, 0) is 67.7 Å². The molecule has 1 aliphatic rings. The molecule has 1 aliphatic heterocycles. The second-order valence-electron chi connectivity index (χ2n) is 8.79. The van der Waals surface area contributed by atoms with Gasteiger partial charge in [-0.2, -0.15) is 4.37 Å². The molecule has 40 heavy (non-hydrogen) atoms. The number of nitrogens with zero attached hydrogens (tertiary/aromatic N) is 2. The summed E-state index contributed by atoms with van der Waals surface area (Å²) in [6.07, 6.45) is 4.73. The first-order valence-corrected chi connectivity index (χ1v) is 13.3. The van der Waals surface area contributed by atoms with Crippen molar-refractivity contribution in [3.8, 4) is 0 Å². The Morgan fingerprint density at radius 1 is 1.15 bits per heavy atom. The Balaban J connectivity index is 1.57. The van der Waals surface area contributed by atoms with E-state index in [0.717, 1.165) is 49.2 Å². The molecule has 2 aromatic rings. The Morgan fingerprint density at radius 2 is 1.90 bits per heavy atom. The van der Waals surface area contributed by atoms with Crippen LogP contribution in [0.2, 0.25) is 0 Å². The highest BCUT2D eigenvalue weighted by Crippen LogP contribution is 2.30. The molecule has 0 bridgehead atoms. The Bertz CT molecular complexity index is 1300. The maximum Gasteiger partial charge on any atom is 0.326 e. The zero-order valence-corrected chi connectivity index (χ0v) is 23.0. The highest BCUT2D eigenvalue weighted by Gasteiger charge is 2.22. The van der Waals surface area contributed by atoms with Gasteiger partial charge < -0.3 is 21.1 Å². The molecule has 14 heteroatoms. The monoisotopic (exact) mass is 573 g/mol. The van der Waals surface area contributed by atoms with Gasteiger partial charge in [-0.1, -0.05) is 12.1 Å². The van der Waals surface area contributed by atoms with E-state index in [1.165, 1.54) is 18.2 Å². The predicted molar refractivity (Wildman–Crippen MR) is 151 cm³/mol. The largest absolute Gasteiger partial charge is 0.379 e. The average molecular weight is 574 g/mol. The molecule has 0 atom stereocenters. The van der Waals surface area contributed by atoms with E-state index in [-0.39, 0.29) is 21.9 Å². The first-order valence-electron chi connectivity index (χ1n) is 12.5. The minimum absolute atomic E-state index is 0.0145. The van der Waals surface area contributed by atoms with E-state index in [0.29, 0.717) is 25.3 Å². The van der Waals surface area contributed by atoms with Crippen molar-refractivity contribution in [1.82, 2.24) is 19.9 Å².